The van der Waals surface area contributed by atoms with Crippen LogP contribution >= 0.6 is 0 Å². The van der Waals surface area contributed by atoms with Gasteiger partial charge < -0.3 is 4.74 Å². The van der Waals surface area contributed by atoms with Crippen molar-refractivity contribution in [2.45, 2.75) is 20.8 Å². The molecule has 1 aromatic carbocycles. The fraction of sp³-hybridized carbons (Fsp3) is 0.280. The Hall–Kier alpha value is -2.21. The number of benzene rings is 1. The van der Waals surface area contributed by atoms with Gasteiger partial charge in [0.25, 0.3) is 0 Å². The van der Waals surface area contributed by atoms with Crippen LogP contribution in [0, 0.1) is 57.1 Å². The third-order valence-corrected chi connectivity index (χ3v) is 4.02. The molecular weight excluding hydrogens is 580 g/mol. The first kappa shape index (κ1) is 37.1. The van der Waals surface area contributed by atoms with Crippen LogP contribution in [-0.4, -0.2) is 7.11 Å². The molecule has 0 amide bonds. The van der Waals surface area contributed by atoms with Crippen LogP contribution in [-0.2, 0) is 49.1 Å². The number of hydrogen-bond acceptors (Lipinski definition) is 1. The molecule has 2 bridgehead atoms. The molecule has 1 aromatic rings. The average molecular weight is 602 g/mol. The maximum absolute atomic E-state index is 7.50. The minimum absolute atomic E-state index is 0. The van der Waals surface area contributed by atoms with E-state index in [4.69, 9.17) is 28.0 Å². The Labute approximate surface area is 204 Å². The zero-order valence-corrected chi connectivity index (χ0v) is 21.1. The maximum atomic E-state index is 7.50. The summed E-state index contributed by atoms with van der Waals surface area (Å²) in [6.07, 6.45) is 7.02. The molecule has 0 N–H and O–H groups in total. The second-order valence-electron chi connectivity index (χ2n) is 6.85. The summed E-state index contributed by atoms with van der Waals surface area (Å²) in [4.78, 5) is 0. The molecule has 2 atom stereocenters. The summed E-state index contributed by atoms with van der Waals surface area (Å²) in [5.74, 6) is 0.693. The molecular formula is C25H22O6W. The molecule has 32 heavy (non-hydrogen) atoms. The van der Waals surface area contributed by atoms with E-state index in [2.05, 4.69) is 109 Å². The smallest absolute Gasteiger partial charge is 0 e. The number of rotatable bonds is 3. The van der Waals surface area contributed by atoms with E-state index < -0.39 is 0 Å². The number of ether oxygens (including phenoxy) is 1. The van der Waals surface area contributed by atoms with E-state index in [0.29, 0.717) is 11.8 Å². The number of fused-ring (bicyclic) bond motifs is 2. The van der Waals surface area contributed by atoms with Crippen molar-refractivity contribution >= 4 is 5.57 Å². The van der Waals surface area contributed by atoms with Crippen LogP contribution in [0.5, 0.6) is 0 Å². The zero-order valence-electron chi connectivity index (χ0n) is 18.1. The predicted molar refractivity (Wildman–Crippen MR) is 107 cm³/mol. The van der Waals surface area contributed by atoms with Gasteiger partial charge in [0.15, 0.2) is 6.61 Å². The fourth-order valence-corrected chi connectivity index (χ4v) is 3.36. The SMILES string of the molecule is CO[C]C1=C(c2ccccc2)[C@H]2C=C[C@@H]1C2=CC(C)(C)C.[C-]#[O+].[C-]#[O+].[C-]#[O+].[C-]#[O+].[C-]#[O+].[W]. The Kier molecular flexibility index (Phi) is 25.5. The van der Waals surface area contributed by atoms with E-state index in [-0.39, 0.29) is 26.5 Å². The van der Waals surface area contributed by atoms with Gasteiger partial charge >= 0.3 is 56.5 Å². The molecule has 7 heteroatoms. The quantitative estimate of drug-likeness (QED) is 0.279. The van der Waals surface area contributed by atoms with Gasteiger partial charge in [0, 0.05) is 40.0 Å². The van der Waals surface area contributed by atoms with Gasteiger partial charge in [-0.3, -0.25) is 0 Å². The second kappa shape index (κ2) is 22.0. The molecule has 3 rings (SSSR count). The zero-order chi connectivity index (χ0) is 25.0. The van der Waals surface area contributed by atoms with Crippen LogP contribution in [0.4, 0.5) is 0 Å². The summed E-state index contributed by atoms with van der Waals surface area (Å²) >= 11 is 0. The molecule has 164 valence electrons. The van der Waals surface area contributed by atoms with Gasteiger partial charge in [0.05, 0.1) is 0 Å². The minimum atomic E-state index is 0. The standard InChI is InChI=1S/C20H22O.5CO.W/c1-20(2,3)12-17-15-10-11-16(17)19(18(15)13-21-4)14-8-6-5-7-9-14;5*1-2;/h5-12,15-16H,1-4H3;;;;;;/t15-,16+;;;;;;/m1....../s1. The second-order valence-corrected chi connectivity index (χ2v) is 6.85. The van der Waals surface area contributed by atoms with Crippen LogP contribution in [0.3, 0.4) is 0 Å². The Balaban J connectivity index is -0.000000316. The van der Waals surface area contributed by atoms with Crippen molar-refractivity contribution in [3.8, 4) is 0 Å². The van der Waals surface area contributed by atoms with E-state index in [1.807, 2.05) is 0 Å². The molecule has 2 radical (unpaired) electrons. The van der Waals surface area contributed by atoms with Crippen molar-refractivity contribution in [3.05, 3.63) is 105 Å². The van der Waals surface area contributed by atoms with Crippen LogP contribution < -0.4 is 0 Å². The van der Waals surface area contributed by atoms with Crippen LogP contribution in [0.2, 0.25) is 0 Å². The van der Waals surface area contributed by atoms with E-state index in [9.17, 15) is 0 Å². The Morgan fingerprint density at radius 1 is 0.812 bits per heavy atom. The van der Waals surface area contributed by atoms with Gasteiger partial charge in [-0.05, 0) is 22.1 Å². The van der Waals surface area contributed by atoms with E-state index in [0.717, 1.165) is 0 Å². The van der Waals surface area contributed by atoms with E-state index in [1.54, 1.807) is 7.11 Å². The predicted octanol–water partition coefficient (Wildman–Crippen LogP) is 4.72. The van der Waals surface area contributed by atoms with Gasteiger partial charge in [0.1, 0.15) is 0 Å². The summed E-state index contributed by atoms with van der Waals surface area (Å²) < 4.78 is 42.7. The molecule has 2 aliphatic rings. The summed E-state index contributed by atoms with van der Waals surface area (Å²) in [6.45, 7) is 32.4. The van der Waals surface area contributed by atoms with Crippen molar-refractivity contribution in [2.24, 2.45) is 17.3 Å². The van der Waals surface area contributed by atoms with Gasteiger partial charge in [-0.25, -0.2) is 0 Å². The Bertz CT molecular complexity index is 798. The van der Waals surface area contributed by atoms with Crippen LogP contribution in [0.15, 0.2) is 59.7 Å². The Morgan fingerprint density at radius 2 is 1.25 bits per heavy atom. The number of allylic oxidation sites excluding steroid dienone is 5. The van der Waals surface area contributed by atoms with Gasteiger partial charge in [-0.15, -0.1) is 0 Å². The molecule has 2 aliphatic carbocycles. The average Bonchev–Trinajstić information content (AvgIpc) is 3.34. The van der Waals surface area contributed by atoms with E-state index in [1.165, 1.54) is 22.3 Å². The van der Waals surface area contributed by atoms with Crippen molar-refractivity contribution in [2.75, 3.05) is 7.11 Å². The maximum Gasteiger partial charge on any atom is 0 e. The summed E-state index contributed by atoms with van der Waals surface area (Å²) in [6, 6.07) is 10.6. The topological polar surface area (TPSA) is 109 Å². The first-order valence-corrected chi connectivity index (χ1v) is 8.53. The van der Waals surface area contributed by atoms with Crippen LogP contribution in [0.25, 0.3) is 5.57 Å². The summed E-state index contributed by atoms with van der Waals surface area (Å²) in [5, 5.41) is 0. The van der Waals surface area contributed by atoms with Crippen molar-refractivity contribution in [3.63, 3.8) is 0 Å². The molecule has 0 unspecified atom stereocenters. The van der Waals surface area contributed by atoms with Gasteiger partial charge in [-0.2, -0.15) is 0 Å². The molecule has 0 spiro atoms. The van der Waals surface area contributed by atoms with Crippen LogP contribution in [0.1, 0.15) is 26.3 Å². The number of hydrogen-bond donors (Lipinski definition) is 0. The largest absolute Gasteiger partial charge is 0 e. The first-order valence-electron chi connectivity index (χ1n) is 8.53. The normalized spacial score (nSPS) is 17.5. The monoisotopic (exact) mass is 602 g/mol. The van der Waals surface area contributed by atoms with E-state index >= 15 is 0 Å². The van der Waals surface area contributed by atoms with Crippen molar-refractivity contribution in [1.82, 2.24) is 0 Å². The summed E-state index contributed by atoms with van der Waals surface area (Å²) in [5.41, 5.74) is 5.46. The first-order chi connectivity index (χ1) is 15.0. The molecule has 0 fully saturated rings. The third-order valence-electron chi connectivity index (χ3n) is 4.02. The molecule has 6 nitrogen and oxygen atoms in total. The molecule has 0 aromatic heterocycles. The third kappa shape index (κ3) is 10.9. The molecule has 0 aliphatic heterocycles. The summed E-state index contributed by atoms with van der Waals surface area (Å²) in [7, 11) is 1.68. The van der Waals surface area contributed by atoms with Gasteiger partial charge in [0.2, 0.25) is 0 Å². The van der Waals surface area contributed by atoms with Gasteiger partial charge in [-0.1, -0.05) is 74.9 Å². The number of methoxy groups -OCH3 is 1. The molecule has 0 saturated heterocycles. The minimum Gasteiger partial charge on any atom is 0 e. The Morgan fingerprint density at radius 3 is 1.66 bits per heavy atom. The fourth-order valence-electron chi connectivity index (χ4n) is 3.36. The molecule has 0 saturated carbocycles. The molecule has 0 heterocycles. The van der Waals surface area contributed by atoms with Crippen molar-refractivity contribution in [1.29, 1.82) is 0 Å². The van der Waals surface area contributed by atoms with Crippen molar-refractivity contribution < 1.29 is 49.1 Å².